The monoisotopic (exact) mass is 251 g/mol. The zero-order chi connectivity index (χ0) is 12.6. The summed E-state index contributed by atoms with van der Waals surface area (Å²) in [6, 6.07) is 6.77. The molecule has 0 bridgehead atoms. The van der Waals surface area contributed by atoms with Crippen LogP contribution in [0.4, 0.5) is 0 Å². The van der Waals surface area contributed by atoms with Crippen LogP contribution in [0.1, 0.15) is 24.4 Å². The Hall–Kier alpha value is -1.32. The van der Waals surface area contributed by atoms with Gasteiger partial charge in [-0.1, -0.05) is 18.5 Å². The van der Waals surface area contributed by atoms with Gasteiger partial charge in [0.15, 0.2) is 5.76 Å². The molecule has 2 aromatic rings. The maximum Gasteiger partial charge on any atom is 0.202 e. The highest BCUT2D eigenvalue weighted by atomic mass is 35.5. The molecule has 1 aromatic heterocycles. The minimum absolute atomic E-state index is 0.0766. The van der Waals surface area contributed by atoms with Gasteiger partial charge in [-0.2, -0.15) is 0 Å². The summed E-state index contributed by atoms with van der Waals surface area (Å²) in [4.78, 5) is 12.0. The first-order valence-electron chi connectivity index (χ1n) is 5.48. The maximum atomic E-state index is 12.0. The summed E-state index contributed by atoms with van der Waals surface area (Å²) in [6.45, 7) is 3.61. The van der Waals surface area contributed by atoms with E-state index >= 15 is 0 Å². The standard InChI is InChI=1S/C13H14ClNO2/c1-7(8(2)15)13(16)12-6-9-5-10(14)3-4-11(9)17-12/h3-8H,15H2,1-2H3. The molecule has 0 radical (unpaired) electrons. The number of furan rings is 1. The lowest BCUT2D eigenvalue weighted by atomic mass is 9.98. The van der Waals surface area contributed by atoms with Gasteiger partial charge in [-0.25, -0.2) is 0 Å². The highest BCUT2D eigenvalue weighted by Gasteiger charge is 2.22. The summed E-state index contributed by atoms with van der Waals surface area (Å²) in [5.74, 6) is 0.00502. The zero-order valence-corrected chi connectivity index (χ0v) is 10.5. The van der Waals surface area contributed by atoms with Crippen molar-refractivity contribution in [2.24, 2.45) is 11.7 Å². The quantitative estimate of drug-likeness (QED) is 0.852. The molecule has 0 amide bonds. The van der Waals surface area contributed by atoms with Crippen LogP contribution in [0.5, 0.6) is 0 Å². The van der Waals surface area contributed by atoms with E-state index in [2.05, 4.69) is 0 Å². The number of benzene rings is 1. The SMILES string of the molecule is CC(N)C(C)C(=O)c1cc2cc(Cl)ccc2o1. The molecule has 1 heterocycles. The van der Waals surface area contributed by atoms with Gasteiger partial charge in [0.05, 0.1) is 0 Å². The highest BCUT2D eigenvalue weighted by Crippen LogP contribution is 2.24. The number of nitrogens with two attached hydrogens (primary N) is 1. The Morgan fingerprint density at radius 2 is 2.06 bits per heavy atom. The Labute approximate surface area is 105 Å². The van der Waals surface area contributed by atoms with Crippen molar-refractivity contribution in [2.45, 2.75) is 19.9 Å². The minimum atomic E-state index is -0.258. The average Bonchev–Trinajstić information content (AvgIpc) is 2.69. The van der Waals surface area contributed by atoms with Gasteiger partial charge in [0.1, 0.15) is 5.58 Å². The molecule has 3 nitrogen and oxygen atoms in total. The number of ketones is 1. The summed E-state index contributed by atoms with van der Waals surface area (Å²) in [5, 5.41) is 1.45. The minimum Gasteiger partial charge on any atom is -0.453 e. The number of hydrogen-bond acceptors (Lipinski definition) is 3. The number of carbonyl (C=O) groups excluding carboxylic acids is 1. The van der Waals surface area contributed by atoms with Crippen LogP contribution in [-0.2, 0) is 0 Å². The van der Waals surface area contributed by atoms with Crippen LogP contribution in [0, 0.1) is 5.92 Å². The zero-order valence-electron chi connectivity index (χ0n) is 9.74. The Bertz CT molecular complexity index is 560. The van der Waals surface area contributed by atoms with Crippen molar-refractivity contribution >= 4 is 28.4 Å². The fourth-order valence-electron chi connectivity index (χ4n) is 1.60. The van der Waals surface area contributed by atoms with E-state index in [1.165, 1.54) is 0 Å². The largest absolute Gasteiger partial charge is 0.453 e. The second-order valence-electron chi connectivity index (χ2n) is 4.30. The molecule has 2 atom stereocenters. The lowest BCUT2D eigenvalue weighted by molar-refractivity contribution is 0.0891. The van der Waals surface area contributed by atoms with Gasteiger partial charge in [0.25, 0.3) is 0 Å². The van der Waals surface area contributed by atoms with Crippen LogP contribution in [0.25, 0.3) is 11.0 Å². The van der Waals surface area contributed by atoms with E-state index in [1.807, 2.05) is 6.92 Å². The molecule has 0 aliphatic heterocycles. The van der Waals surface area contributed by atoms with Crippen LogP contribution in [-0.4, -0.2) is 11.8 Å². The van der Waals surface area contributed by atoms with E-state index in [1.54, 1.807) is 31.2 Å². The summed E-state index contributed by atoms with van der Waals surface area (Å²) < 4.78 is 5.49. The first-order chi connectivity index (χ1) is 7.99. The van der Waals surface area contributed by atoms with Crippen LogP contribution < -0.4 is 5.73 Å². The third-order valence-corrected chi connectivity index (χ3v) is 3.16. The molecule has 0 aliphatic rings. The Balaban J connectivity index is 2.40. The summed E-state index contributed by atoms with van der Waals surface area (Å²) in [6.07, 6.45) is 0. The third kappa shape index (κ3) is 2.35. The van der Waals surface area contributed by atoms with Crippen molar-refractivity contribution in [3.8, 4) is 0 Å². The molecule has 0 fully saturated rings. The molecule has 17 heavy (non-hydrogen) atoms. The topological polar surface area (TPSA) is 56.2 Å². The van der Waals surface area contributed by atoms with Crippen molar-refractivity contribution in [1.29, 1.82) is 0 Å². The third-order valence-electron chi connectivity index (χ3n) is 2.92. The highest BCUT2D eigenvalue weighted by molar-refractivity contribution is 6.31. The van der Waals surface area contributed by atoms with Gasteiger partial charge in [0.2, 0.25) is 5.78 Å². The van der Waals surface area contributed by atoms with Crippen LogP contribution in [0.15, 0.2) is 28.7 Å². The van der Waals surface area contributed by atoms with Crippen LogP contribution >= 0.6 is 11.6 Å². The van der Waals surface area contributed by atoms with E-state index in [9.17, 15) is 4.79 Å². The van der Waals surface area contributed by atoms with Crippen molar-refractivity contribution < 1.29 is 9.21 Å². The first kappa shape index (κ1) is 12.1. The average molecular weight is 252 g/mol. The van der Waals surface area contributed by atoms with Crippen LogP contribution in [0.2, 0.25) is 5.02 Å². The van der Waals surface area contributed by atoms with Crippen molar-refractivity contribution in [3.63, 3.8) is 0 Å². The predicted molar refractivity (Wildman–Crippen MR) is 68.4 cm³/mol. The summed E-state index contributed by atoms with van der Waals surface area (Å²) in [7, 11) is 0. The second-order valence-corrected chi connectivity index (χ2v) is 4.74. The number of carbonyl (C=O) groups is 1. The molecule has 0 saturated carbocycles. The summed E-state index contributed by atoms with van der Waals surface area (Å²) >= 11 is 5.87. The molecule has 2 N–H and O–H groups in total. The van der Waals surface area contributed by atoms with Gasteiger partial charge in [-0.05, 0) is 31.2 Å². The summed E-state index contributed by atoms with van der Waals surface area (Å²) in [5.41, 5.74) is 6.37. The van der Waals surface area contributed by atoms with Gasteiger partial charge in [-0.15, -0.1) is 0 Å². The van der Waals surface area contributed by atoms with E-state index in [-0.39, 0.29) is 17.7 Å². The molecule has 0 saturated heterocycles. The molecule has 1 aromatic carbocycles. The van der Waals surface area contributed by atoms with Gasteiger partial charge in [-0.3, -0.25) is 4.79 Å². The predicted octanol–water partition coefficient (Wildman–Crippen LogP) is 3.25. The molecule has 4 heteroatoms. The number of rotatable bonds is 3. The van der Waals surface area contributed by atoms with Crippen molar-refractivity contribution in [3.05, 3.63) is 35.0 Å². The lowest BCUT2D eigenvalue weighted by Gasteiger charge is -2.11. The van der Waals surface area contributed by atoms with Crippen molar-refractivity contribution in [1.82, 2.24) is 0 Å². The molecule has 90 valence electrons. The van der Waals surface area contributed by atoms with Crippen LogP contribution in [0.3, 0.4) is 0 Å². The normalized spacial score (nSPS) is 14.8. The molecular weight excluding hydrogens is 238 g/mol. The molecule has 0 aliphatic carbocycles. The van der Waals surface area contributed by atoms with E-state index < -0.39 is 0 Å². The smallest absolute Gasteiger partial charge is 0.202 e. The van der Waals surface area contributed by atoms with E-state index in [4.69, 9.17) is 21.8 Å². The lowest BCUT2D eigenvalue weighted by Crippen LogP contribution is -2.30. The Morgan fingerprint density at radius 1 is 1.35 bits per heavy atom. The number of fused-ring (bicyclic) bond motifs is 1. The fourth-order valence-corrected chi connectivity index (χ4v) is 1.78. The Morgan fingerprint density at radius 3 is 2.71 bits per heavy atom. The Kier molecular flexibility index (Phi) is 3.22. The maximum absolute atomic E-state index is 12.0. The number of halogens is 1. The molecular formula is C13H14ClNO2. The van der Waals surface area contributed by atoms with E-state index in [0.29, 0.717) is 16.4 Å². The molecule has 2 unspecified atom stereocenters. The van der Waals surface area contributed by atoms with Gasteiger partial charge in [0, 0.05) is 22.4 Å². The fraction of sp³-hybridized carbons (Fsp3) is 0.308. The van der Waals surface area contributed by atoms with E-state index in [0.717, 1.165) is 5.39 Å². The van der Waals surface area contributed by atoms with Gasteiger partial charge < -0.3 is 10.2 Å². The molecule has 0 spiro atoms. The van der Waals surface area contributed by atoms with Crippen molar-refractivity contribution in [2.75, 3.05) is 0 Å². The second kappa shape index (κ2) is 4.51. The molecule has 2 rings (SSSR count). The van der Waals surface area contributed by atoms with Gasteiger partial charge >= 0.3 is 0 Å². The number of Topliss-reactive ketones (excluding diaryl/α,β-unsaturated/α-hetero) is 1. The number of hydrogen-bond donors (Lipinski definition) is 1. The first-order valence-corrected chi connectivity index (χ1v) is 5.85.